The fraction of sp³-hybridized carbons (Fsp3) is 0.636. The van der Waals surface area contributed by atoms with Crippen LogP contribution >= 0.6 is 34.7 Å². The summed E-state index contributed by atoms with van der Waals surface area (Å²) in [5.74, 6) is 3.60. The summed E-state index contributed by atoms with van der Waals surface area (Å²) in [5, 5.41) is 3.54. The summed E-state index contributed by atoms with van der Waals surface area (Å²) in [6.07, 6.45) is 2.50. The third kappa shape index (κ3) is 3.99. The van der Waals surface area contributed by atoms with Gasteiger partial charge in [0.25, 0.3) is 0 Å². The average Bonchev–Trinajstić information content (AvgIpc) is 2.84. The molecule has 1 aliphatic heterocycles. The SMILES string of the molecule is Clc1ccc(CCNCC2CCSC2)s1. The molecule has 0 spiro atoms. The lowest BCUT2D eigenvalue weighted by Gasteiger charge is -2.08. The van der Waals surface area contributed by atoms with Gasteiger partial charge in [-0.2, -0.15) is 11.8 Å². The van der Waals surface area contributed by atoms with Crippen LogP contribution < -0.4 is 5.32 Å². The van der Waals surface area contributed by atoms with Gasteiger partial charge in [-0.3, -0.25) is 0 Å². The van der Waals surface area contributed by atoms with Crippen molar-refractivity contribution in [2.45, 2.75) is 12.8 Å². The van der Waals surface area contributed by atoms with Crippen molar-refractivity contribution in [3.63, 3.8) is 0 Å². The Morgan fingerprint density at radius 3 is 3.07 bits per heavy atom. The van der Waals surface area contributed by atoms with Crippen molar-refractivity contribution in [2.75, 3.05) is 24.6 Å². The molecule has 0 radical (unpaired) electrons. The highest BCUT2D eigenvalue weighted by Gasteiger charge is 2.14. The number of thioether (sulfide) groups is 1. The lowest BCUT2D eigenvalue weighted by molar-refractivity contribution is 0.526. The van der Waals surface area contributed by atoms with E-state index in [1.807, 2.05) is 6.07 Å². The smallest absolute Gasteiger partial charge is 0.0931 e. The van der Waals surface area contributed by atoms with Gasteiger partial charge in [-0.05, 0) is 55.5 Å². The molecule has 0 bridgehead atoms. The highest BCUT2D eigenvalue weighted by Crippen LogP contribution is 2.23. The van der Waals surface area contributed by atoms with Crippen LogP contribution in [-0.2, 0) is 6.42 Å². The van der Waals surface area contributed by atoms with E-state index in [1.54, 1.807) is 11.3 Å². The number of hydrogen-bond acceptors (Lipinski definition) is 3. The highest BCUT2D eigenvalue weighted by atomic mass is 35.5. The molecule has 1 saturated heterocycles. The van der Waals surface area contributed by atoms with Crippen LogP contribution in [0.1, 0.15) is 11.3 Å². The van der Waals surface area contributed by atoms with E-state index in [9.17, 15) is 0 Å². The average molecular weight is 262 g/mol. The Kier molecular flexibility index (Phi) is 4.82. The van der Waals surface area contributed by atoms with Crippen molar-refractivity contribution in [1.29, 1.82) is 0 Å². The van der Waals surface area contributed by atoms with Gasteiger partial charge in [0.05, 0.1) is 4.34 Å². The molecule has 1 aromatic rings. The van der Waals surface area contributed by atoms with Crippen molar-refractivity contribution in [1.82, 2.24) is 5.32 Å². The third-order valence-electron chi connectivity index (χ3n) is 2.63. The molecule has 1 atom stereocenters. The molecule has 2 heterocycles. The summed E-state index contributed by atoms with van der Waals surface area (Å²) in [4.78, 5) is 1.38. The van der Waals surface area contributed by atoms with Crippen LogP contribution in [0.2, 0.25) is 4.34 Å². The molecular formula is C11H16ClNS2. The predicted octanol–water partition coefficient (Wildman–Crippen LogP) is 3.29. The zero-order chi connectivity index (χ0) is 10.5. The minimum absolute atomic E-state index is 0.900. The van der Waals surface area contributed by atoms with Crippen molar-refractivity contribution < 1.29 is 0 Å². The first-order valence-corrected chi connectivity index (χ1v) is 7.72. The van der Waals surface area contributed by atoms with Crippen LogP contribution in [0.15, 0.2) is 12.1 Å². The van der Waals surface area contributed by atoms with E-state index in [2.05, 4.69) is 23.1 Å². The lowest BCUT2D eigenvalue weighted by Crippen LogP contribution is -2.24. The van der Waals surface area contributed by atoms with Gasteiger partial charge >= 0.3 is 0 Å². The molecule has 1 N–H and O–H groups in total. The fourth-order valence-electron chi connectivity index (χ4n) is 1.75. The molecule has 0 amide bonds. The Bertz CT molecular complexity index is 295. The molecule has 4 heteroatoms. The van der Waals surface area contributed by atoms with Gasteiger partial charge in [0.15, 0.2) is 0 Å². The standard InChI is InChI=1S/C11H16ClNS2/c12-11-2-1-10(15-11)3-5-13-7-9-4-6-14-8-9/h1-2,9,13H,3-8H2. The Morgan fingerprint density at radius 2 is 2.40 bits per heavy atom. The van der Waals surface area contributed by atoms with Crippen molar-refractivity contribution in [3.05, 3.63) is 21.3 Å². The molecule has 0 aliphatic carbocycles. The van der Waals surface area contributed by atoms with Crippen LogP contribution in [0, 0.1) is 5.92 Å². The van der Waals surface area contributed by atoms with Crippen LogP contribution in [-0.4, -0.2) is 24.6 Å². The zero-order valence-electron chi connectivity index (χ0n) is 8.67. The van der Waals surface area contributed by atoms with Gasteiger partial charge in [-0.15, -0.1) is 11.3 Å². The maximum Gasteiger partial charge on any atom is 0.0931 e. The predicted molar refractivity (Wildman–Crippen MR) is 71.3 cm³/mol. The van der Waals surface area contributed by atoms with Crippen molar-refractivity contribution in [3.8, 4) is 0 Å². The van der Waals surface area contributed by atoms with E-state index in [-0.39, 0.29) is 0 Å². The van der Waals surface area contributed by atoms with Crippen LogP contribution in [0.3, 0.4) is 0 Å². The van der Waals surface area contributed by atoms with Crippen LogP contribution in [0.4, 0.5) is 0 Å². The Labute approximate surface area is 105 Å². The molecule has 1 nitrogen and oxygen atoms in total. The first kappa shape index (κ1) is 11.8. The number of thiophene rings is 1. The summed E-state index contributed by atoms with van der Waals surface area (Å²) in [6.45, 7) is 2.27. The minimum Gasteiger partial charge on any atom is -0.316 e. The first-order valence-electron chi connectivity index (χ1n) is 5.37. The van der Waals surface area contributed by atoms with E-state index in [4.69, 9.17) is 11.6 Å². The number of hydrogen-bond donors (Lipinski definition) is 1. The van der Waals surface area contributed by atoms with Gasteiger partial charge in [-0.1, -0.05) is 11.6 Å². The minimum atomic E-state index is 0.900. The summed E-state index contributed by atoms with van der Waals surface area (Å²) >= 11 is 9.65. The van der Waals surface area contributed by atoms with Gasteiger partial charge in [0.2, 0.25) is 0 Å². The summed E-state index contributed by atoms with van der Waals surface area (Å²) in [6, 6.07) is 4.11. The Balaban J connectivity index is 1.58. The van der Waals surface area contributed by atoms with E-state index < -0.39 is 0 Å². The van der Waals surface area contributed by atoms with Gasteiger partial charge < -0.3 is 5.32 Å². The molecule has 1 aliphatic rings. The normalized spacial score (nSPS) is 21.0. The summed E-state index contributed by atoms with van der Waals surface area (Å²) in [7, 11) is 0. The molecule has 15 heavy (non-hydrogen) atoms. The number of nitrogens with one attached hydrogen (secondary N) is 1. The Hall–Kier alpha value is 0.300. The third-order valence-corrected chi connectivity index (χ3v) is 5.16. The van der Waals surface area contributed by atoms with Crippen LogP contribution in [0.5, 0.6) is 0 Å². The van der Waals surface area contributed by atoms with Gasteiger partial charge in [-0.25, -0.2) is 0 Å². The second kappa shape index (κ2) is 6.14. The molecule has 2 rings (SSSR count). The topological polar surface area (TPSA) is 12.0 Å². The van der Waals surface area contributed by atoms with E-state index in [0.29, 0.717) is 0 Å². The largest absolute Gasteiger partial charge is 0.316 e. The van der Waals surface area contributed by atoms with E-state index >= 15 is 0 Å². The second-order valence-corrected chi connectivity index (χ2v) is 6.84. The molecule has 84 valence electrons. The maximum atomic E-state index is 5.87. The Morgan fingerprint density at radius 1 is 1.47 bits per heavy atom. The summed E-state index contributed by atoms with van der Waals surface area (Å²) < 4.78 is 0.900. The molecule has 1 aromatic heterocycles. The van der Waals surface area contributed by atoms with Crippen molar-refractivity contribution in [2.24, 2.45) is 5.92 Å². The number of halogens is 1. The zero-order valence-corrected chi connectivity index (χ0v) is 11.1. The van der Waals surface area contributed by atoms with E-state index in [0.717, 1.165) is 23.2 Å². The van der Waals surface area contributed by atoms with Crippen LogP contribution in [0.25, 0.3) is 0 Å². The van der Waals surface area contributed by atoms with Crippen molar-refractivity contribution >= 4 is 34.7 Å². The quantitative estimate of drug-likeness (QED) is 0.817. The summed E-state index contributed by atoms with van der Waals surface area (Å²) in [5.41, 5.74) is 0. The molecule has 1 fully saturated rings. The van der Waals surface area contributed by atoms with Gasteiger partial charge in [0.1, 0.15) is 0 Å². The first-order chi connectivity index (χ1) is 7.34. The molecular weight excluding hydrogens is 246 g/mol. The molecule has 0 saturated carbocycles. The second-order valence-electron chi connectivity index (χ2n) is 3.89. The monoisotopic (exact) mass is 261 g/mol. The van der Waals surface area contributed by atoms with Gasteiger partial charge in [0, 0.05) is 4.88 Å². The number of rotatable bonds is 5. The highest BCUT2D eigenvalue weighted by molar-refractivity contribution is 7.99. The lowest BCUT2D eigenvalue weighted by atomic mass is 10.1. The molecule has 0 aromatic carbocycles. The fourth-order valence-corrected chi connectivity index (χ4v) is 4.12. The maximum absolute atomic E-state index is 5.87. The molecule has 1 unspecified atom stereocenters. The van der Waals surface area contributed by atoms with E-state index in [1.165, 1.54) is 29.3 Å².